The topological polar surface area (TPSA) is 112 Å². The van der Waals surface area contributed by atoms with Gasteiger partial charge < -0.3 is 29.2 Å². The third-order valence-corrected chi connectivity index (χ3v) is 9.84. The molecule has 1 rings (SSSR count). The highest BCUT2D eigenvalue weighted by Crippen LogP contribution is 2.25. The average molecular weight is 723 g/mol. The maximum atomic E-state index is 12.6. The minimum Gasteiger partial charge on any atom is -0.463 e. The number of aliphatic hydroxyl groups excluding tert-OH is 2. The molecule has 0 radical (unpaired) electrons. The van der Waals surface area contributed by atoms with Gasteiger partial charge in [0.25, 0.3) is 0 Å². The van der Waals surface area contributed by atoms with Gasteiger partial charge in [-0.1, -0.05) is 141 Å². The quantitative estimate of drug-likeness (QED) is 0.0384. The maximum Gasteiger partial charge on any atom is 0.306 e. The van der Waals surface area contributed by atoms with E-state index in [-0.39, 0.29) is 19.0 Å². The molecule has 298 valence electrons. The van der Waals surface area contributed by atoms with Crippen molar-refractivity contribution in [1.29, 1.82) is 0 Å². The van der Waals surface area contributed by atoms with Gasteiger partial charge in [-0.3, -0.25) is 9.59 Å². The molecule has 1 fully saturated rings. The molecule has 0 unspecified atom stereocenters. The highest BCUT2D eigenvalue weighted by molar-refractivity contribution is 5.70. The summed E-state index contributed by atoms with van der Waals surface area (Å²) in [6.45, 7) is 4.29. The number of hydrogen-bond donors (Lipinski definition) is 2. The van der Waals surface area contributed by atoms with Crippen LogP contribution in [-0.4, -0.2) is 66.6 Å². The van der Waals surface area contributed by atoms with Crippen molar-refractivity contribution in [3.05, 3.63) is 24.3 Å². The van der Waals surface area contributed by atoms with Crippen LogP contribution < -0.4 is 0 Å². The normalized spacial score (nSPS) is 20.8. The predicted octanol–water partition coefficient (Wildman–Crippen LogP) is 10.6. The second kappa shape index (κ2) is 34.1. The lowest BCUT2D eigenvalue weighted by Crippen LogP contribution is -2.60. The standard InChI is InChI=1S/C43H78O8/c1-4-6-8-10-12-14-16-18-20-22-24-26-28-30-32-34-38(44)49-36-37-40(46)42(41(47)43(48-3)50-37)51-39(45)35-33-31-29-27-25-23-21-19-17-15-13-11-9-7-5-2/h18-21,37,40-43,46-47H,4-17,22-36H2,1-3H3/b20-18-,21-19-/t37-,40-,41-,42+,43+/m1/s1. The zero-order valence-corrected chi connectivity index (χ0v) is 33.0. The Morgan fingerprint density at radius 3 is 1.37 bits per heavy atom. The van der Waals surface area contributed by atoms with E-state index in [1.807, 2.05) is 0 Å². The Kier molecular flexibility index (Phi) is 31.6. The van der Waals surface area contributed by atoms with Crippen molar-refractivity contribution in [2.45, 2.75) is 224 Å². The van der Waals surface area contributed by atoms with Crippen molar-refractivity contribution in [3.8, 4) is 0 Å². The monoisotopic (exact) mass is 723 g/mol. The molecular formula is C43H78O8. The van der Waals surface area contributed by atoms with E-state index in [9.17, 15) is 19.8 Å². The number of hydrogen-bond acceptors (Lipinski definition) is 8. The molecule has 0 aromatic carbocycles. The fourth-order valence-corrected chi connectivity index (χ4v) is 6.51. The molecule has 1 heterocycles. The number of esters is 2. The number of carbonyl (C=O) groups excluding carboxylic acids is 2. The third kappa shape index (κ3) is 25.8. The minimum atomic E-state index is -1.36. The van der Waals surface area contributed by atoms with E-state index < -0.39 is 36.7 Å². The van der Waals surface area contributed by atoms with E-state index in [0.29, 0.717) is 12.8 Å². The molecule has 0 aromatic rings. The molecule has 0 aromatic heterocycles. The van der Waals surface area contributed by atoms with Crippen LogP contribution in [0.5, 0.6) is 0 Å². The first-order chi connectivity index (χ1) is 24.9. The first kappa shape index (κ1) is 47.3. The van der Waals surface area contributed by atoms with Crippen LogP contribution in [0.2, 0.25) is 0 Å². The summed E-state index contributed by atoms with van der Waals surface area (Å²) in [5, 5.41) is 21.5. The molecule has 51 heavy (non-hydrogen) atoms. The summed E-state index contributed by atoms with van der Waals surface area (Å²) in [4.78, 5) is 25.0. The smallest absolute Gasteiger partial charge is 0.306 e. The van der Waals surface area contributed by atoms with E-state index >= 15 is 0 Å². The largest absolute Gasteiger partial charge is 0.463 e. The number of unbranched alkanes of at least 4 members (excludes halogenated alkanes) is 22. The van der Waals surface area contributed by atoms with Gasteiger partial charge in [0.2, 0.25) is 0 Å². The van der Waals surface area contributed by atoms with Crippen LogP contribution in [0.15, 0.2) is 24.3 Å². The Hall–Kier alpha value is -1.74. The summed E-state index contributed by atoms with van der Waals surface area (Å²) in [5.41, 5.74) is 0. The Morgan fingerprint density at radius 2 is 0.941 bits per heavy atom. The molecule has 2 N–H and O–H groups in total. The van der Waals surface area contributed by atoms with Crippen molar-refractivity contribution in [2.24, 2.45) is 0 Å². The van der Waals surface area contributed by atoms with E-state index in [2.05, 4.69) is 38.2 Å². The highest BCUT2D eigenvalue weighted by atomic mass is 16.7. The van der Waals surface area contributed by atoms with Crippen LogP contribution in [0.3, 0.4) is 0 Å². The van der Waals surface area contributed by atoms with Crippen molar-refractivity contribution in [3.63, 3.8) is 0 Å². The molecule has 1 aliphatic heterocycles. The molecule has 1 aliphatic rings. The van der Waals surface area contributed by atoms with E-state index in [1.54, 1.807) is 0 Å². The summed E-state index contributed by atoms with van der Waals surface area (Å²) in [6, 6.07) is 0. The SMILES string of the molecule is CCCCCCCC/C=C\CCCCCCCC(=O)OC[C@H]1O[C@H](OC)[C@H](O)[C@@H](OC(=O)CCCCCCC/C=C\CCCCCCCC)[C@@H]1O. The second-order valence-electron chi connectivity index (χ2n) is 14.6. The zero-order valence-electron chi connectivity index (χ0n) is 33.0. The lowest BCUT2D eigenvalue weighted by Gasteiger charge is -2.41. The first-order valence-electron chi connectivity index (χ1n) is 21.1. The first-order valence-corrected chi connectivity index (χ1v) is 21.1. The number of aliphatic hydroxyl groups is 2. The summed E-state index contributed by atoms with van der Waals surface area (Å²) in [5.74, 6) is -0.839. The molecule has 0 aliphatic carbocycles. The fraction of sp³-hybridized carbons (Fsp3) is 0.860. The van der Waals surface area contributed by atoms with Gasteiger partial charge in [-0.05, 0) is 64.2 Å². The van der Waals surface area contributed by atoms with Crippen molar-refractivity contribution in [2.75, 3.05) is 13.7 Å². The summed E-state index contributed by atoms with van der Waals surface area (Å²) >= 11 is 0. The van der Waals surface area contributed by atoms with Crippen molar-refractivity contribution < 1.29 is 38.7 Å². The van der Waals surface area contributed by atoms with Gasteiger partial charge in [-0.15, -0.1) is 0 Å². The lowest BCUT2D eigenvalue weighted by molar-refractivity contribution is -0.297. The van der Waals surface area contributed by atoms with E-state index in [4.69, 9.17) is 18.9 Å². The van der Waals surface area contributed by atoms with Crippen LogP contribution >= 0.6 is 0 Å². The fourth-order valence-electron chi connectivity index (χ4n) is 6.51. The van der Waals surface area contributed by atoms with Crippen LogP contribution in [0.1, 0.15) is 194 Å². The van der Waals surface area contributed by atoms with Gasteiger partial charge >= 0.3 is 11.9 Å². The predicted molar refractivity (Wildman–Crippen MR) is 207 cm³/mol. The Bertz CT molecular complexity index is 874. The Balaban J connectivity index is 2.16. The number of ether oxygens (including phenoxy) is 4. The average Bonchev–Trinajstić information content (AvgIpc) is 3.13. The van der Waals surface area contributed by atoms with Crippen LogP contribution in [0.4, 0.5) is 0 Å². The van der Waals surface area contributed by atoms with Gasteiger partial charge in [0.15, 0.2) is 12.4 Å². The van der Waals surface area contributed by atoms with Crippen molar-refractivity contribution >= 4 is 11.9 Å². The molecule has 0 amide bonds. The van der Waals surface area contributed by atoms with Gasteiger partial charge in [-0.2, -0.15) is 0 Å². The lowest BCUT2D eigenvalue weighted by atomic mass is 9.99. The Morgan fingerprint density at radius 1 is 0.549 bits per heavy atom. The zero-order chi connectivity index (χ0) is 37.2. The second-order valence-corrected chi connectivity index (χ2v) is 14.6. The molecule has 5 atom stereocenters. The molecule has 0 spiro atoms. The van der Waals surface area contributed by atoms with Gasteiger partial charge in [0.1, 0.15) is 24.9 Å². The highest BCUT2D eigenvalue weighted by Gasteiger charge is 2.47. The van der Waals surface area contributed by atoms with Crippen LogP contribution in [-0.2, 0) is 28.5 Å². The molecule has 1 saturated heterocycles. The maximum absolute atomic E-state index is 12.6. The number of methoxy groups -OCH3 is 1. The van der Waals surface area contributed by atoms with Crippen LogP contribution in [0, 0.1) is 0 Å². The number of rotatable bonds is 34. The summed E-state index contributed by atoms with van der Waals surface area (Å²) < 4.78 is 21.8. The van der Waals surface area contributed by atoms with Gasteiger partial charge in [0.05, 0.1) is 0 Å². The molecular weight excluding hydrogens is 644 g/mol. The minimum absolute atomic E-state index is 0.208. The van der Waals surface area contributed by atoms with E-state index in [1.165, 1.54) is 103 Å². The molecule has 8 heteroatoms. The Labute approximate surface area is 312 Å². The summed E-state index contributed by atoms with van der Waals surface area (Å²) in [7, 11) is 1.37. The van der Waals surface area contributed by atoms with Crippen LogP contribution in [0.25, 0.3) is 0 Å². The van der Waals surface area contributed by atoms with Gasteiger partial charge in [0, 0.05) is 20.0 Å². The molecule has 8 nitrogen and oxygen atoms in total. The van der Waals surface area contributed by atoms with Crippen molar-refractivity contribution in [1.82, 2.24) is 0 Å². The third-order valence-electron chi connectivity index (χ3n) is 9.84. The molecule has 0 saturated carbocycles. The number of carbonyl (C=O) groups is 2. The summed E-state index contributed by atoms with van der Waals surface area (Å²) in [6.07, 6.45) is 34.4. The number of allylic oxidation sites excluding steroid dienone is 4. The molecule has 0 bridgehead atoms. The van der Waals surface area contributed by atoms with E-state index in [0.717, 1.165) is 64.2 Å². The van der Waals surface area contributed by atoms with Gasteiger partial charge in [-0.25, -0.2) is 0 Å².